The van der Waals surface area contributed by atoms with Gasteiger partial charge in [0.2, 0.25) is 5.91 Å². The van der Waals surface area contributed by atoms with Crippen molar-refractivity contribution in [1.82, 2.24) is 4.90 Å². The lowest BCUT2D eigenvalue weighted by Crippen LogP contribution is -2.44. The lowest BCUT2D eigenvalue weighted by atomic mass is 10.1. The Hall–Kier alpha value is -1.00. The van der Waals surface area contributed by atoms with Gasteiger partial charge in [0.1, 0.15) is 0 Å². The van der Waals surface area contributed by atoms with Crippen LogP contribution in [0, 0.1) is 5.92 Å². The van der Waals surface area contributed by atoms with E-state index in [4.69, 9.17) is 5.73 Å². The fraction of sp³-hybridized carbons (Fsp3) is 0.533. The van der Waals surface area contributed by atoms with Crippen LogP contribution in [0.3, 0.4) is 0 Å². The van der Waals surface area contributed by atoms with Gasteiger partial charge in [-0.3, -0.25) is 4.79 Å². The molecule has 1 aliphatic rings. The number of rotatable bonds is 5. The molecular weight excluding hydrogens is 256 g/mol. The summed E-state index contributed by atoms with van der Waals surface area (Å²) in [4.78, 5) is 14.2. The highest BCUT2D eigenvalue weighted by Gasteiger charge is 2.28. The quantitative estimate of drug-likeness (QED) is 0.893. The van der Waals surface area contributed by atoms with Crippen molar-refractivity contribution >= 4 is 17.7 Å². The molecule has 1 fully saturated rings. The van der Waals surface area contributed by atoms with Crippen LogP contribution in [0.2, 0.25) is 0 Å². The molecule has 0 aromatic heterocycles. The van der Waals surface area contributed by atoms with Crippen LogP contribution in [-0.2, 0) is 11.2 Å². The lowest BCUT2D eigenvalue weighted by Gasteiger charge is -2.21. The second-order valence-electron chi connectivity index (χ2n) is 5.19. The van der Waals surface area contributed by atoms with Crippen molar-refractivity contribution in [2.75, 3.05) is 25.1 Å². The van der Waals surface area contributed by atoms with E-state index >= 15 is 0 Å². The molecular formula is C15H22N2OS. The minimum absolute atomic E-state index is 0.104. The van der Waals surface area contributed by atoms with E-state index in [1.165, 1.54) is 0 Å². The number of carbonyl (C=O) groups is 1. The maximum atomic E-state index is 12.3. The van der Waals surface area contributed by atoms with Gasteiger partial charge in [-0.2, -0.15) is 11.8 Å². The van der Waals surface area contributed by atoms with Gasteiger partial charge in [0.25, 0.3) is 0 Å². The topological polar surface area (TPSA) is 46.3 Å². The average Bonchev–Trinajstić information content (AvgIpc) is 2.88. The van der Waals surface area contributed by atoms with Crippen LogP contribution in [0.25, 0.3) is 0 Å². The van der Waals surface area contributed by atoms with Crippen molar-refractivity contribution in [1.29, 1.82) is 0 Å². The van der Waals surface area contributed by atoms with Crippen LogP contribution in [0.1, 0.15) is 12.0 Å². The predicted molar refractivity (Wildman–Crippen MR) is 81.2 cm³/mol. The Morgan fingerprint density at radius 3 is 2.89 bits per heavy atom. The van der Waals surface area contributed by atoms with E-state index in [1.54, 1.807) is 0 Å². The molecule has 104 valence electrons. The molecule has 1 amide bonds. The van der Waals surface area contributed by atoms with Gasteiger partial charge in [-0.15, -0.1) is 0 Å². The largest absolute Gasteiger partial charge is 0.341 e. The Bertz CT molecular complexity index is 410. The number of hydrogen-bond acceptors (Lipinski definition) is 3. The zero-order valence-corrected chi connectivity index (χ0v) is 12.2. The third-order valence-electron chi connectivity index (χ3n) is 3.62. The molecule has 2 N–H and O–H groups in total. The van der Waals surface area contributed by atoms with Crippen molar-refractivity contribution < 1.29 is 4.79 Å². The minimum Gasteiger partial charge on any atom is -0.341 e. The molecule has 1 aromatic rings. The van der Waals surface area contributed by atoms with Crippen molar-refractivity contribution in [3.8, 4) is 0 Å². The maximum Gasteiger partial charge on any atom is 0.239 e. The Morgan fingerprint density at radius 2 is 2.21 bits per heavy atom. The van der Waals surface area contributed by atoms with E-state index in [9.17, 15) is 4.79 Å². The zero-order valence-electron chi connectivity index (χ0n) is 11.4. The summed E-state index contributed by atoms with van der Waals surface area (Å²) in [6.45, 7) is 1.74. The molecule has 1 saturated heterocycles. The number of nitrogens with two attached hydrogens (primary N) is 1. The summed E-state index contributed by atoms with van der Waals surface area (Å²) in [7, 11) is 0. The van der Waals surface area contributed by atoms with E-state index in [2.05, 4.69) is 6.26 Å². The van der Waals surface area contributed by atoms with Crippen LogP contribution in [0.15, 0.2) is 30.3 Å². The van der Waals surface area contributed by atoms with E-state index in [-0.39, 0.29) is 5.91 Å². The van der Waals surface area contributed by atoms with Crippen LogP contribution in [0.5, 0.6) is 0 Å². The number of hydrogen-bond donors (Lipinski definition) is 1. The molecule has 0 spiro atoms. The van der Waals surface area contributed by atoms with Gasteiger partial charge in [0.05, 0.1) is 6.04 Å². The molecule has 1 heterocycles. The van der Waals surface area contributed by atoms with E-state index < -0.39 is 6.04 Å². The maximum absolute atomic E-state index is 12.3. The van der Waals surface area contributed by atoms with E-state index in [0.29, 0.717) is 12.3 Å². The van der Waals surface area contributed by atoms with Gasteiger partial charge >= 0.3 is 0 Å². The van der Waals surface area contributed by atoms with Gasteiger partial charge in [0.15, 0.2) is 0 Å². The van der Waals surface area contributed by atoms with E-state index in [0.717, 1.165) is 30.8 Å². The Balaban J connectivity index is 1.86. The van der Waals surface area contributed by atoms with Crippen LogP contribution in [0.4, 0.5) is 0 Å². The highest BCUT2D eigenvalue weighted by Crippen LogP contribution is 2.20. The number of nitrogens with zero attached hydrogens (tertiary/aromatic N) is 1. The number of thioether (sulfide) groups is 1. The standard InChI is InChI=1S/C15H22N2OS/c1-19-11-13-7-8-17(10-13)15(18)14(16)9-12-5-3-2-4-6-12/h2-6,13-14H,7-11,16H2,1H3/t13-,14+/m1/s1. The van der Waals surface area contributed by atoms with Crippen molar-refractivity contribution in [3.05, 3.63) is 35.9 Å². The Kier molecular flexibility index (Phi) is 5.28. The first-order chi connectivity index (χ1) is 9.20. The summed E-state index contributed by atoms with van der Waals surface area (Å²) in [5.74, 6) is 1.88. The van der Waals surface area contributed by atoms with Gasteiger partial charge in [0, 0.05) is 13.1 Å². The molecule has 0 aliphatic carbocycles. The summed E-state index contributed by atoms with van der Waals surface area (Å²) in [6.07, 6.45) is 3.86. The lowest BCUT2D eigenvalue weighted by molar-refractivity contribution is -0.131. The first-order valence-electron chi connectivity index (χ1n) is 6.78. The normalized spacial score (nSPS) is 20.5. The van der Waals surface area contributed by atoms with Crippen LogP contribution >= 0.6 is 11.8 Å². The first kappa shape index (κ1) is 14.4. The average molecular weight is 278 g/mol. The summed E-state index contributed by atoms with van der Waals surface area (Å²) in [5.41, 5.74) is 7.18. The van der Waals surface area contributed by atoms with Gasteiger partial charge < -0.3 is 10.6 Å². The summed E-state index contributed by atoms with van der Waals surface area (Å²) in [5, 5.41) is 0. The molecule has 4 heteroatoms. The highest BCUT2D eigenvalue weighted by atomic mass is 32.2. The molecule has 2 atom stereocenters. The SMILES string of the molecule is CSC[C@@H]1CCN(C(=O)[C@@H](N)Cc2ccccc2)C1. The Labute approximate surface area is 119 Å². The monoisotopic (exact) mass is 278 g/mol. The number of amides is 1. The van der Waals surface area contributed by atoms with Crippen molar-refractivity contribution in [2.45, 2.75) is 18.9 Å². The van der Waals surface area contributed by atoms with E-state index in [1.807, 2.05) is 47.0 Å². The molecule has 19 heavy (non-hydrogen) atoms. The highest BCUT2D eigenvalue weighted by molar-refractivity contribution is 7.98. The van der Waals surface area contributed by atoms with Gasteiger partial charge in [-0.05, 0) is 36.3 Å². The van der Waals surface area contributed by atoms with Gasteiger partial charge in [-0.1, -0.05) is 30.3 Å². The van der Waals surface area contributed by atoms with Crippen LogP contribution in [-0.4, -0.2) is 41.9 Å². The Morgan fingerprint density at radius 1 is 1.47 bits per heavy atom. The molecule has 1 aromatic carbocycles. The number of carbonyl (C=O) groups excluding carboxylic acids is 1. The molecule has 0 radical (unpaired) electrons. The molecule has 0 unspecified atom stereocenters. The molecule has 3 nitrogen and oxygen atoms in total. The summed E-state index contributed by atoms with van der Waals surface area (Å²) in [6, 6.07) is 9.58. The smallest absolute Gasteiger partial charge is 0.239 e. The number of likely N-dealkylation sites (tertiary alicyclic amines) is 1. The molecule has 1 aliphatic heterocycles. The third kappa shape index (κ3) is 3.98. The third-order valence-corrected chi connectivity index (χ3v) is 4.42. The summed E-state index contributed by atoms with van der Waals surface area (Å²) >= 11 is 1.85. The van der Waals surface area contributed by atoms with Crippen molar-refractivity contribution in [3.63, 3.8) is 0 Å². The zero-order chi connectivity index (χ0) is 13.7. The van der Waals surface area contributed by atoms with Crippen molar-refractivity contribution in [2.24, 2.45) is 11.7 Å². The number of benzene rings is 1. The fourth-order valence-electron chi connectivity index (χ4n) is 2.59. The molecule has 0 saturated carbocycles. The second-order valence-corrected chi connectivity index (χ2v) is 6.10. The first-order valence-corrected chi connectivity index (χ1v) is 8.17. The predicted octanol–water partition coefficient (Wildman–Crippen LogP) is 1.77. The van der Waals surface area contributed by atoms with Gasteiger partial charge in [-0.25, -0.2) is 0 Å². The summed E-state index contributed by atoms with van der Waals surface area (Å²) < 4.78 is 0. The fourth-order valence-corrected chi connectivity index (χ4v) is 3.34. The molecule has 0 bridgehead atoms. The molecule has 2 rings (SSSR count). The minimum atomic E-state index is -0.407. The van der Waals surface area contributed by atoms with Crippen LogP contribution < -0.4 is 5.73 Å². The second kappa shape index (κ2) is 6.96.